The molecule has 6 heteroatoms. The highest BCUT2D eigenvalue weighted by Gasteiger charge is 2.12. The molecule has 0 fully saturated rings. The Morgan fingerprint density at radius 2 is 2.11 bits per heavy atom. The molecule has 2 atom stereocenters. The zero-order valence-electron chi connectivity index (χ0n) is 11.5. The second-order valence-corrected chi connectivity index (χ2v) is 4.45. The third kappa shape index (κ3) is 5.56. The summed E-state index contributed by atoms with van der Waals surface area (Å²) in [6.07, 6.45) is 2.39. The van der Waals surface area contributed by atoms with Crippen LogP contribution in [0.15, 0.2) is 22.8 Å². The topological polar surface area (TPSA) is 83.4 Å². The molecule has 0 saturated heterocycles. The Bertz CT molecular complexity index is 403. The van der Waals surface area contributed by atoms with E-state index in [1.807, 2.05) is 26.8 Å². The number of carbonyl (C=O) groups is 2. The molecule has 0 unspecified atom stereocenters. The van der Waals surface area contributed by atoms with Crippen molar-refractivity contribution in [3.63, 3.8) is 0 Å². The minimum Gasteiger partial charge on any atom is -0.468 e. The van der Waals surface area contributed by atoms with Crippen molar-refractivity contribution in [1.82, 2.24) is 16.0 Å². The fourth-order valence-corrected chi connectivity index (χ4v) is 1.42. The lowest BCUT2D eigenvalue weighted by atomic mass is 10.2. The normalized spacial score (nSPS) is 13.6. The third-order valence-electron chi connectivity index (χ3n) is 2.78. The molecule has 0 aromatic carbocycles. The molecule has 0 bridgehead atoms. The molecule has 0 aliphatic carbocycles. The number of hydrogen-bond acceptors (Lipinski definition) is 4. The van der Waals surface area contributed by atoms with Gasteiger partial charge in [-0.25, -0.2) is 4.79 Å². The maximum atomic E-state index is 11.5. The molecule has 1 rings (SSSR count). The van der Waals surface area contributed by atoms with E-state index in [2.05, 4.69) is 16.0 Å². The summed E-state index contributed by atoms with van der Waals surface area (Å²) in [6.45, 7) is 5.77. The lowest BCUT2D eigenvalue weighted by Crippen LogP contribution is -2.46. The van der Waals surface area contributed by atoms with Gasteiger partial charge < -0.3 is 9.73 Å². The van der Waals surface area contributed by atoms with Crippen molar-refractivity contribution in [3.8, 4) is 0 Å². The smallest absolute Gasteiger partial charge is 0.321 e. The standard InChI is InChI=1S/C13H21N3O3/c1-4-9(2)15-13(18)16-12(17)8-14-10(3)11-6-5-7-19-11/h5-7,9-10,14H,4,8H2,1-3H3,(H2,15,16,17,18)/t9-,10-/m0/s1. The van der Waals surface area contributed by atoms with E-state index in [9.17, 15) is 9.59 Å². The van der Waals surface area contributed by atoms with Crippen LogP contribution < -0.4 is 16.0 Å². The highest BCUT2D eigenvalue weighted by molar-refractivity contribution is 5.95. The predicted molar refractivity (Wildman–Crippen MR) is 71.6 cm³/mol. The van der Waals surface area contributed by atoms with Crippen molar-refractivity contribution in [2.45, 2.75) is 39.3 Å². The quantitative estimate of drug-likeness (QED) is 0.730. The van der Waals surface area contributed by atoms with Crippen LogP contribution in [0.2, 0.25) is 0 Å². The van der Waals surface area contributed by atoms with E-state index < -0.39 is 6.03 Å². The Balaban J connectivity index is 2.26. The van der Waals surface area contributed by atoms with Gasteiger partial charge in [0, 0.05) is 6.04 Å². The minimum absolute atomic E-state index is 0.0443. The lowest BCUT2D eigenvalue weighted by Gasteiger charge is -2.13. The molecule has 0 aliphatic rings. The maximum absolute atomic E-state index is 11.5. The fraction of sp³-hybridized carbons (Fsp3) is 0.538. The van der Waals surface area contributed by atoms with Crippen LogP contribution in [0.25, 0.3) is 0 Å². The van der Waals surface area contributed by atoms with Crippen molar-refractivity contribution in [1.29, 1.82) is 0 Å². The summed E-state index contributed by atoms with van der Waals surface area (Å²) in [5.74, 6) is 0.371. The first-order valence-corrected chi connectivity index (χ1v) is 6.40. The van der Waals surface area contributed by atoms with Crippen LogP contribution in [0, 0.1) is 0 Å². The number of hydrogen-bond donors (Lipinski definition) is 3. The van der Waals surface area contributed by atoms with Gasteiger partial charge >= 0.3 is 6.03 Å². The molecular formula is C13H21N3O3. The largest absolute Gasteiger partial charge is 0.468 e. The molecular weight excluding hydrogens is 246 g/mol. The summed E-state index contributed by atoms with van der Waals surface area (Å²) < 4.78 is 5.20. The summed E-state index contributed by atoms with van der Waals surface area (Å²) in [5.41, 5.74) is 0. The highest BCUT2D eigenvalue weighted by atomic mass is 16.3. The Hall–Kier alpha value is -1.82. The van der Waals surface area contributed by atoms with Crippen molar-refractivity contribution >= 4 is 11.9 Å². The van der Waals surface area contributed by atoms with Gasteiger partial charge in [-0.2, -0.15) is 0 Å². The first-order valence-electron chi connectivity index (χ1n) is 6.40. The van der Waals surface area contributed by atoms with E-state index in [1.54, 1.807) is 12.3 Å². The van der Waals surface area contributed by atoms with Gasteiger partial charge in [0.1, 0.15) is 5.76 Å². The van der Waals surface area contributed by atoms with Crippen molar-refractivity contribution in [2.24, 2.45) is 0 Å². The van der Waals surface area contributed by atoms with Crippen molar-refractivity contribution < 1.29 is 14.0 Å². The zero-order chi connectivity index (χ0) is 14.3. The summed E-state index contributed by atoms with van der Waals surface area (Å²) in [6, 6.07) is 3.10. The highest BCUT2D eigenvalue weighted by Crippen LogP contribution is 2.11. The Morgan fingerprint density at radius 3 is 2.68 bits per heavy atom. The van der Waals surface area contributed by atoms with E-state index in [1.165, 1.54) is 0 Å². The second kappa shape index (κ2) is 7.58. The molecule has 0 saturated carbocycles. The lowest BCUT2D eigenvalue weighted by molar-refractivity contribution is -0.119. The molecule has 19 heavy (non-hydrogen) atoms. The average molecular weight is 267 g/mol. The van der Waals surface area contributed by atoms with Gasteiger partial charge in [-0.3, -0.25) is 15.4 Å². The van der Waals surface area contributed by atoms with E-state index in [4.69, 9.17) is 4.42 Å². The first-order chi connectivity index (χ1) is 9.02. The number of rotatable bonds is 6. The Labute approximate surface area is 112 Å². The van der Waals surface area contributed by atoms with Crippen molar-refractivity contribution in [3.05, 3.63) is 24.2 Å². The molecule has 6 nitrogen and oxygen atoms in total. The van der Waals surface area contributed by atoms with E-state index in [0.717, 1.165) is 12.2 Å². The average Bonchev–Trinajstić information content (AvgIpc) is 2.89. The van der Waals surface area contributed by atoms with Gasteiger partial charge in [-0.1, -0.05) is 6.92 Å². The molecule has 3 amide bonds. The van der Waals surface area contributed by atoms with Gasteiger partial charge in [0.05, 0.1) is 18.8 Å². The number of nitrogens with one attached hydrogen (secondary N) is 3. The van der Waals surface area contributed by atoms with Crippen molar-refractivity contribution in [2.75, 3.05) is 6.54 Å². The summed E-state index contributed by atoms with van der Waals surface area (Å²) in [5, 5.41) is 7.89. The molecule has 1 aromatic rings. The molecule has 1 heterocycles. The fourth-order valence-electron chi connectivity index (χ4n) is 1.42. The monoisotopic (exact) mass is 267 g/mol. The predicted octanol–water partition coefficient (Wildman–Crippen LogP) is 1.55. The Morgan fingerprint density at radius 1 is 1.37 bits per heavy atom. The van der Waals surface area contributed by atoms with Gasteiger partial charge in [0.2, 0.25) is 5.91 Å². The SMILES string of the molecule is CC[C@H](C)NC(=O)NC(=O)CN[C@@H](C)c1ccco1. The number of imide groups is 1. The molecule has 0 radical (unpaired) electrons. The number of furan rings is 1. The van der Waals surface area contributed by atoms with Crippen LogP contribution in [0.3, 0.4) is 0 Å². The number of urea groups is 1. The van der Waals surface area contributed by atoms with Crippen LogP contribution in [-0.2, 0) is 4.79 Å². The molecule has 0 spiro atoms. The van der Waals surface area contributed by atoms with E-state index >= 15 is 0 Å². The molecule has 0 aliphatic heterocycles. The van der Waals surface area contributed by atoms with Gasteiger partial charge in [0.15, 0.2) is 0 Å². The number of amides is 3. The molecule has 1 aromatic heterocycles. The summed E-state index contributed by atoms with van der Waals surface area (Å²) in [7, 11) is 0. The van der Waals surface area contributed by atoms with E-state index in [-0.39, 0.29) is 24.5 Å². The van der Waals surface area contributed by atoms with E-state index in [0.29, 0.717) is 0 Å². The first kappa shape index (κ1) is 15.2. The van der Waals surface area contributed by atoms with Gasteiger partial charge in [-0.05, 0) is 32.4 Å². The van der Waals surface area contributed by atoms with Gasteiger partial charge in [0.25, 0.3) is 0 Å². The number of carbonyl (C=O) groups excluding carboxylic acids is 2. The van der Waals surface area contributed by atoms with Crippen LogP contribution in [0.4, 0.5) is 4.79 Å². The summed E-state index contributed by atoms with van der Waals surface area (Å²) >= 11 is 0. The maximum Gasteiger partial charge on any atom is 0.321 e. The zero-order valence-corrected chi connectivity index (χ0v) is 11.5. The summed E-state index contributed by atoms with van der Waals surface area (Å²) in [4.78, 5) is 22.9. The van der Waals surface area contributed by atoms with Crippen LogP contribution in [0.1, 0.15) is 39.0 Å². The minimum atomic E-state index is -0.466. The second-order valence-electron chi connectivity index (χ2n) is 4.45. The third-order valence-corrected chi connectivity index (χ3v) is 2.78. The Kier molecular flexibility index (Phi) is 6.08. The van der Waals surface area contributed by atoms with Crippen LogP contribution in [0.5, 0.6) is 0 Å². The van der Waals surface area contributed by atoms with Gasteiger partial charge in [-0.15, -0.1) is 0 Å². The molecule has 106 valence electrons. The van der Waals surface area contributed by atoms with Crippen LogP contribution in [-0.4, -0.2) is 24.5 Å². The molecule has 3 N–H and O–H groups in total. The van der Waals surface area contributed by atoms with Crippen LogP contribution >= 0.6 is 0 Å².